The molecule has 3 rings (SSSR count). The second kappa shape index (κ2) is 9.69. The Balaban J connectivity index is 1.99. The summed E-state index contributed by atoms with van der Waals surface area (Å²) in [5, 5.41) is 0. The topological polar surface area (TPSA) is 68.7 Å². The highest BCUT2D eigenvalue weighted by Gasteiger charge is 2.28. The van der Waals surface area contributed by atoms with E-state index >= 15 is 0 Å². The normalized spacial score (nSPS) is 10.4. The van der Waals surface area contributed by atoms with E-state index in [1.54, 1.807) is 60.8 Å². The van der Waals surface area contributed by atoms with Crippen molar-refractivity contribution in [3.05, 3.63) is 83.6 Å². The van der Waals surface area contributed by atoms with Crippen LogP contribution in [-0.4, -0.2) is 30.0 Å². The maximum Gasteiger partial charge on any atom is 0.266 e. The van der Waals surface area contributed by atoms with Gasteiger partial charge in [0.05, 0.1) is 13.2 Å². The number of hydrogen-bond acceptors (Lipinski definition) is 5. The maximum atomic E-state index is 13.4. The van der Waals surface area contributed by atoms with Gasteiger partial charge in [0.25, 0.3) is 11.8 Å². The minimum Gasteiger partial charge on any atom is -0.494 e. The number of aromatic nitrogens is 1. The van der Waals surface area contributed by atoms with Crippen LogP contribution in [-0.2, 0) is 0 Å². The first-order chi connectivity index (χ1) is 14.5. The van der Waals surface area contributed by atoms with Gasteiger partial charge in [0, 0.05) is 17.3 Å². The van der Waals surface area contributed by atoms with Gasteiger partial charge < -0.3 is 9.47 Å². The number of ether oxygens (including phenoxy) is 2. The van der Waals surface area contributed by atoms with E-state index in [1.165, 1.54) is 0 Å². The first-order valence-electron chi connectivity index (χ1n) is 9.81. The van der Waals surface area contributed by atoms with Crippen LogP contribution in [0.5, 0.6) is 11.5 Å². The van der Waals surface area contributed by atoms with E-state index in [2.05, 4.69) is 4.98 Å². The molecule has 0 unspecified atom stereocenters. The van der Waals surface area contributed by atoms with E-state index in [1.807, 2.05) is 26.8 Å². The van der Waals surface area contributed by atoms with Gasteiger partial charge in [0.15, 0.2) is 0 Å². The summed E-state index contributed by atoms with van der Waals surface area (Å²) in [7, 11) is 0. The number of aryl methyl sites for hydroxylation is 1. The summed E-state index contributed by atoms with van der Waals surface area (Å²) in [5.41, 5.74) is 1.45. The summed E-state index contributed by atoms with van der Waals surface area (Å²) in [5.74, 6) is 0.702. The molecule has 1 heterocycles. The molecule has 6 nitrogen and oxygen atoms in total. The predicted molar refractivity (Wildman–Crippen MR) is 115 cm³/mol. The van der Waals surface area contributed by atoms with E-state index < -0.39 is 11.8 Å². The van der Waals surface area contributed by atoms with Crippen molar-refractivity contribution in [2.45, 2.75) is 20.8 Å². The smallest absolute Gasteiger partial charge is 0.266 e. The predicted octanol–water partition coefficient (Wildman–Crippen LogP) is 4.67. The number of pyridine rings is 1. The van der Waals surface area contributed by atoms with Crippen molar-refractivity contribution in [2.75, 3.05) is 18.1 Å². The molecule has 2 amide bonds. The zero-order chi connectivity index (χ0) is 21.5. The van der Waals surface area contributed by atoms with Gasteiger partial charge in [-0.25, -0.2) is 9.88 Å². The molecular weight excluding hydrogens is 380 g/mol. The molecular formula is C24H24N2O4. The van der Waals surface area contributed by atoms with Crippen molar-refractivity contribution >= 4 is 17.6 Å². The summed E-state index contributed by atoms with van der Waals surface area (Å²) in [6, 6.07) is 17.0. The molecule has 0 aliphatic carbocycles. The summed E-state index contributed by atoms with van der Waals surface area (Å²) in [6.45, 7) is 6.65. The maximum absolute atomic E-state index is 13.4. The van der Waals surface area contributed by atoms with Gasteiger partial charge in [0.2, 0.25) is 0 Å². The van der Waals surface area contributed by atoms with Crippen molar-refractivity contribution in [3.8, 4) is 11.5 Å². The molecule has 3 aromatic rings. The van der Waals surface area contributed by atoms with Gasteiger partial charge in [-0.1, -0.05) is 6.07 Å². The number of anilines is 1. The van der Waals surface area contributed by atoms with Crippen LogP contribution in [0.25, 0.3) is 0 Å². The summed E-state index contributed by atoms with van der Waals surface area (Å²) in [6.07, 6.45) is 1.56. The number of nitrogens with zero attached hydrogens (tertiary/aromatic N) is 2. The third-order valence-electron chi connectivity index (χ3n) is 4.42. The summed E-state index contributed by atoms with van der Waals surface area (Å²) in [4.78, 5) is 32.1. The van der Waals surface area contributed by atoms with Gasteiger partial charge in [0.1, 0.15) is 17.3 Å². The molecule has 6 heteroatoms. The molecule has 0 fully saturated rings. The molecule has 0 atom stereocenters. The fraction of sp³-hybridized carbons (Fsp3) is 0.208. The lowest BCUT2D eigenvalue weighted by Crippen LogP contribution is -2.38. The fourth-order valence-electron chi connectivity index (χ4n) is 2.98. The van der Waals surface area contributed by atoms with E-state index in [4.69, 9.17) is 9.47 Å². The molecule has 0 spiro atoms. The number of hydrogen-bond donors (Lipinski definition) is 0. The summed E-state index contributed by atoms with van der Waals surface area (Å²) >= 11 is 0. The quantitative estimate of drug-likeness (QED) is 0.535. The number of benzene rings is 2. The highest BCUT2D eigenvalue weighted by molar-refractivity contribution is 6.25. The summed E-state index contributed by atoms with van der Waals surface area (Å²) < 4.78 is 10.9. The number of rotatable bonds is 7. The van der Waals surface area contributed by atoms with Crippen LogP contribution >= 0.6 is 0 Å². The minimum atomic E-state index is -0.460. The zero-order valence-electron chi connectivity index (χ0n) is 17.3. The molecule has 30 heavy (non-hydrogen) atoms. The third kappa shape index (κ3) is 4.66. The van der Waals surface area contributed by atoms with Gasteiger partial charge in [-0.05, 0) is 80.9 Å². The van der Waals surface area contributed by atoms with Gasteiger partial charge in [-0.15, -0.1) is 0 Å². The van der Waals surface area contributed by atoms with Crippen molar-refractivity contribution < 1.29 is 19.1 Å². The van der Waals surface area contributed by atoms with Crippen LogP contribution in [0.15, 0.2) is 66.9 Å². The van der Waals surface area contributed by atoms with E-state index in [9.17, 15) is 9.59 Å². The van der Waals surface area contributed by atoms with Crippen LogP contribution in [0.4, 0.5) is 5.82 Å². The fourth-order valence-corrected chi connectivity index (χ4v) is 2.98. The molecule has 0 aliphatic heterocycles. The van der Waals surface area contributed by atoms with Crippen LogP contribution in [0.3, 0.4) is 0 Å². The average Bonchev–Trinajstić information content (AvgIpc) is 2.76. The minimum absolute atomic E-state index is 0.301. The molecule has 154 valence electrons. The SMILES string of the molecule is CCOc1ccc(C(=O)N(C(=O)c2ccc(OCC)cc2)c2ncccc2C)cc1. The molecule has 0 bridgehead atoms. The Kier molecular flexibility index (Phi) is 6.80. The van der Waals surface area contributed by atoms with Gasteiger partial charge >= 0.3 is 0 Å². The lowest BCUT2D eigenvalue weighted by molar-refractivity contribution is 0.0896. The van der Waals surface area contributed by atoms with Crippen molar-refractivity contribution in [1.29, 1.82) is 0 Å². The number of amides is 2. The Morgan fingerprint density at radius 2 is 1.27 bits per heavy atom. The Bertz CT molecular complexity index is 953. The Hall–Kier alpha value is -3.67. The highest BCUT2D eigenvalue weighted by Crippen LogP contribution is 2.23. The van der Waals surface area contributed by atoms with Crippen LogP contribution in [0.2, 0.25) is 0 Å². The standard InChI is InChI=1S/C24H24N2O4/c1-4-29-20-12-8-18(9-13-20)23(27)26(22-17(3)7-6-16-25-22)24(28)19-10-14-21(15-11-19)30-5-2/h6-16H,4-5H2,1-3H3. The Morgan fingerprint density at radius 1 is 0.800 bits per heavy atom. The third-order valence-corrected chi connectivity index (χ3v) is 4.42. The largest absolute Gasteiger partial charge is 0.494 e. The van der Waals surface area contributed by atoms with Crippen molar-refractivity contribution in [2.24, 2.45) is 0 Å². The molecule has 1 aromatic heterocycles. The van der Waals surface area contributed by atoms with Gasteiger partial charge in [-0.2, -0.15) is 0 Å². The highest BCUT2D eigenvalue weighted by atomic mass is 16.5. The Labute approximate surface area is 176 Å². The molecule has 0 radical (unpaired) electrons. The number of carbonyl (C=O) groups excluding carboxylic acids is 2. The average molecular weight is 404 g/mol. The molecule has 0 saturated heterocycles. The van der Waals surface area contributed by atoms with Crippen molar-refractivity contribution in [1.82, 2.24) is 4.98 Å². The second-order valence-electron chi connectivity index (χ2n) is 6.50. The van der Waals surface area contributed by atoms with Crippen LogP contribution in [0.1, 0.15) is 40.1 Å². The van der Waals surface area contributed by atoms with Crippen LogP contribution < -0.4 is 14.4 Å². The van der Waals surface area contributed by atoms with Crippen LogP contribution in [0, 0.1) is 6.92 Å². The van der Waals surface area contributed by atoms with E-state index in [-0.39, 0.29) is 0 Å². The van der Waals surface area contributed by atoms with E-state index in [0.29, 0.717) is 41.7 Å². The lowest BCUT2D eigenvalue weighted by atomic mass is 10.1. The van der Waals surface area contributed by atoms with Crippen molar-refractivity contribution in [3.63, 3.8) is 0 Å². The lowest BCUT2D eigenvalue weighted by Gasteiger charge is -2.22. The monoisotopic (exact) mass is 404 g/mol. The number of carbonyl (C=O) groups is 2. The van der Waals surface area contributed by atoms with E-state index in [0.717, 1.165) is 10.5 Å². The first kappa shape index (κ1) is 21.0. The molecule has 0 N–H and O–H groups in total. The number of imide groups is 1. The zero-order valence-corrected chi connectivity index (χ0v) is 17.3. The van der Waals surface area contributed by atoms with Gasteiger partial charge in [-0.3, -0.25) is 9.59 Å². The second-order valence-corrected chi connectivity index (χ2v) is 6.50. The molecule has 2 aromatic carbocycles. The Morgan fingerprint density at radius 3 is 1.67 bits per heavy atom. The first-order valence-corrected chi connectivity index (χ1v) is 9.81. The molecule has 0 saturated carbocycles. The molecule has 0 aliphatic rings.